The molecule has 118 valence electrons. The number of likely N-dealkylation sites (N-methyl/N-ethyl adjacent to an activating group) is 1. The minimum atomic E-state index is 0.213. The Morgan fingerprint density at radius 3 is 2.14 bits per heavy atom. The molecule has 0 bridgehead atoms. The van der Waals surface area contributed by atoms with Gasteiger partial charge >= 0.3 is 0 Å². The zero-order chi connectivity index (χ0) is 15.5. The summed E-state index contributed by atoms with van der Waals surface area (Å²) in [4.78, 5) is 17.4. The van der Waals surface area contributed by atoms with Crippen LogP contribution in [0, 0.1) is 0 Å². The van der Waals surface area contributed by atoms with Crippen LogP contribution in [0.1, 0.15) is 25.7 Å². The van der Waals surface area contributed by atoms with Crippen molar-refractivity contribution in [3.05, 3.63) is 0 Å². The van der Waals surface area contributed by atoms with Crippen LogP contribution in [0.4, 0.5) is 17.8 Å². The Morgan fingerprint density at radius 1 is 1.00 bits per heavy atom. The van der Waals surface area contributed by atoms with Crippen LogP contribution in [0.5, 0.6) is 0 Å². The standard InChI is InChI=1S/C14H27N7/c1-15-11-17-12(19-13(18-11)20(2)3)16-10-14(21(4)5)8-6-7-9-14/h6-10H2,1-5H3,(H2,15,16,17,18,19). The van der Waals surface area contributed by atoms with Crippen molar-refractivity contribution in [2.75, 3.05) is 57.3 Å². The van der Waals surface area contributed by atoms with Gasteiger partial charge in [0, 0.05) is 33.2 Å². The molecule has 21 heavy (non-hydrogen) atoms. The van der Waals surface area contributed by atoms with Crippen LogP contribution in [-0.4, -0.2) is 67.2 Å². The molecule has 1 heterocycles. The lowest BCUT2D eigenvalue weighted by Gasteiger charge is -2.36. The van der Waals surface area contributed by atoms with E-state index in [-0.39, 0.29) is 5.54 Å². The lowest BCUT2D eigenvalue weighted by atomic mass is 9.96. The van der Waals surface area contributed by atoms with Crippen LogP contribution in [0.25, 0.3) is 0 Å². The Labute approximate surface area is 127 Å². The Bertz CT molecular complexity index is 466. The summed E-state index contributed by atoms with van der Waals surface area (Å²) in [7, 11) is 9.99. The third-order valence-electron chi connectivity index (χ3n) is 4.31. The largest absolute Gasteiger partial charge is 0.357 e. The number of hydrogen-bond donors (Lipinski definition) is 2. The van der Waals surface area contributed by atoms with Gasteiger partial charge in [-0.05, 0) is 26.9 Å². The van der Waals surface area contributed by atoms with Crippen LogP contribution in [0.15, 0.2) is 0 Å². The molecule has 7 nitrogen and oxygen atoms in total. The maximum absolute atomic E-state index is 4.47. The first-order valence-corrected chi connectivity index (χ1v) is 7.49. The molecule has 2 rings (SSSR count). The third kappa shape index (κ3) is 3.53. The van der Waals surface area contributed by atoms with Gasteiger partial charge < -0.3 is 20.4 Å². The predicted octanol–water partition coefficient (Wildman–Crippen LogP) is 1.27. The highest BCUT2D eigenvalue weighted by molar-refractivity contribution is 5.42. The number of nitrogens with one attached hydrogen (secondary N) is 2. The molecule has 0 unspecified atom stereocenters. The van der Waals surface area contributed by atoms with Crippen molar-refractivity contribution in [1.29, 1.82) is 0 Å². The summed E-state index contributed by atoms with van der Waals surface area (Å²) in [6, 6.07) is 0. The van der Waals surface area contributed by atoms with Crippen LogP contribution in [-0.2, 0) is 0 Å². The van der Waals surface area contributed by atoms with Gasteiger partial charge in [-0.15, -0.1) is 0 Å². The summed E-state index contributed by atoms with van der Waals surface area (Å²) in [6.07, 6.45) is 5.03. The van der Waals surface area contributed by atoms with Crippen LogP contribution in [0.2, 0.25) is 0 Å². The zero-order valence-corrected chi connectivity index (χ0v) is 13.8. The molecule has 1 aromatic rings. The smallest absolute Gasteiger partial charge is 0.231 e. The molecule has 7 heteroatoms. The van der Waals surface area contributed by atoms with E-state index in [1.165, 1.54) is 25.7 Å². The average molecular weight is 293 g/mol. The number of hydrogen-bond acceptors (Lipinski definition) is 7. The molecule has 1 saturated carbocycles. The number of nitrogens with zero attached hydrogens (tertiary/aromatic N) is 5. The van der Waals surface area contributed by atoms with E-state index in [4.69, 9.17) is 0 Å². The van der Waals surface area contributed by atoms with E-state index < -0.39 is 0 Å². The summed E-state index contributed by atoms with van der Waals surface area (Å²) in [5.74, 6) is 1.87. The summed E-state index contributed by atoms with van der Waals surface area (Å²) < 4.78 is 0. The highest BCUT2D eigenvalue weighted by Crippen LogP contribution is 2.33. The summed E-state index contributed by atoms with van der Waals surface area (Å²) in [5, 5.41) is 6.39. The van der Waals surface area contributed by atoms with Crippen LogP contribution >= 0.6 is 0 Å². The summed E-state index contributed by atoms with van der Waals surface area (Å²) in [5.41, 5.74) is 0.213. The first kappa shape index (κ1) is 15.8. The SMILES string of the molecule is CNc1nc(NCC2(N(C)C)CCCC2)nc(N(C)C)n1. The fraction of sp³-hybridized carbons (Fsp3) is 0.786. The highest BCUT2D eigenvalue weighted by Gasteiger charge is 2.35. The van der Waals surface area contributed by atoms with Gasteiger partial charge in [-0.25, -0.2) is 0 Å². The van der Waals surface area contributed by atoms with Crippen molar-refractivity contribution < 1.29 is 0 Å². The summed E-state index contributed by atoms with van der Waals surface area (Å²) in [6.45, 7) is 0.861. The maximum Gasteiger partial charge on any atom is 0.231 e. The van der Waals surface area contributed by atoms with Crippen LogP contribution in [0.3, 0.4) is 0 Å². The molecule has 0 radical (unpaired) electrons. The first-order valence-electron chi connectivity index (χ1n) is 7.49. The van der Waals surface area contributed by atoms with Gasteiger partial charge in [-0.3, -0.25) is 0 Å². The van der Waals surface area contributed by atoms with E-state index in [2.05, 4.69) is 44.6 Å². The van der Waals surface area contributed by atoms with E-state index in [1.807, 2.05) is 26.0 Å². The fourth-order valence-corrected chi connectivity index (χ4v) is 2.81. The van der Waals surface area contributed by atoms with Gasteiger partial charge in [-0.2, -0.15) is 15.0 Å². The third-order valence-corrected chi connectivity index (χ3v) is 4.31. The van der Waals surface area contributed by atoms with Gasteiger partial charge in [0.15, 0.2) is 0 Å². The molecular weight excluding hydrogens is 266 g/mol. The minimum absolute atomic E-state index is 0.213. The predicted molar refractivity (Wildman–Crippen MR) is 87.1 cm³/mol. The lowest BCUT2D eigenvalue weighted by Crippen LogP contribution is -2.47. The average Bonchev–Trinajstić information content (AvgIpc) is 2.95. The van der Waals surface area contributed by atoms with Crippen molar-refractivity contribution in [2.24, 2.45) is 0 Å². The Balaban J connectivity index is 2.13. The molecule has 1 aliphatic carbocycles. The topological polar surface area (TPSA) is 69.2 Å². The Hall–Kier alpha value is -1.63. The minimum Gasteiger partial charge on any atom is -0.357 e. The van der Waals surface area contributed by atoms with Crippen molar-refractivity contribution in [1.82, 2.24) is 19.9 Å². The molecule has 0 aromatic carbocycles. The molecule has 0 saturated heterocycles. The van der Waals surface area contributed by atoms with Crippen molar-refractivity contribution >= 4 is 17.8 Å². The highest BCUT2D eigenvalue weighted by atomic mass is 15.3. The number of anilines is 3. The van der Waals surface area contributed by atoms with E-state index in [1.54, 1.807) is 0 Å². The number of rotatable bonds is 6. The summed E-state index contributed by atoms with van der Waals surface area (Å²) >= 11 is 0. The molecule has 1 aliphatic rings. The van der Waals surface area contributed by atoms with E-state index >= 15 is 0 Å². The van der Waals surface area contributed by atoms with Crippen molar-refractivity contribution in [2.45, 2.75) is 31.2 Å². The molecule has 1 fully saturated rings. The molecule has 0 atom stereocenters. The normalized spacial score (nSPS) is 17.0. The maximum atomic E-state index is 4.47. The Morgan fingerprint density at radius 2 is 1.62 bits per heavy atom. The van der Waals surface area contributed by atoms with Gasteiger partial charge in [0.2, 0.25) is 17.8 Å². The second kappa shape index (κ2) is 6.43. The monoisotopic (exact) mass is 293 g/mol. The molecule has 0 aliphatic heterocycles. The zero-order valence-electron chi connectivity index (χ0n) is 13.8. The number of aromatic nitrogens is 3. The second-order valence-corrected chi connectivity index (χ2v) is 6.11. The van der Waals surface area contributed by atoms with Crippen LogP contribution < -0.4 is 15.5 Å². The van der Waals surface area contributed by atoms with Gasteiger partial charge in [0.05, 0.1) is 0 Å². The Kier molecular flexibility index (Phi) is 4.82. The fourth-order valence-electron chi connectivity index (χ4n) is 2.81. The molecule has 1 aromatic heterocycles. The van der Waals surface area contributed by atoms with Gasteiger partial charge in [-0.1, -0.05) is 12.8 Å². The van der Waals surface area contributed by atoms with Crippen molar-refractivity contribution in [3.8, 4) is 0 Å². The first-order chi connectivity index (χ1) is 9.97. The molecule has 0 spiro atoms. The van der Waals surface area contributed by atoms with Gasteiger partial charge in [0.1, 0.15) is 0 Å². The quantitative estimate of drug-likeness (QED) is 0.818. The molecule has 0 amide bonds. The van der Waals surface area contributed by atoms with E-state index in [0.29, 0.717) is 17.8 Å². The second-order valence-electron chi connectivity index (χ2n) is 6.11. The van der Waals surface area contributed by atoms with Crippen molar-refractivity contribution in [3.63, 3.8) is 0 Å². The molecular formula is C14H27N7. The lowest BCUT2D eigenvalue weighted by molar-refractivity contribution is 0.172. The van der Waals surface area contributed by atoms with Gasteiger partial charge in [0.25, 0.3) is 0 Å². The van der Waals surface area contributed by atoms with E-state index in [0.717, 1.165) is 6.54 Å². The van der Waals surface area contributed by atoms with E-state index in [9.17, 15) is 0 Å². The molecule has 2 N–H and O–H groups in total.